The highest BCUT2D eigenvalue weighted by Gasteiger charge is 2.36. The second kappa shape index (κ2) is 5.32. The molecule has 1 aliphatic carbocycles. The molecule has 0 atom stereocenters. The van der Waals surface area contributed by atoms with E-state index in [0.29, 0.717) is 0 Å². The lowest BCUT2D eigenvalue weighted by atomic mass is 9.80. The summed E-state index contributed by atoms with van der Waals surface area (Å²) >= 11 is 0. The molecule has 1 aliphatic rings. The van der Waals surface area contributed by atoms with Gasteiger partial charge < -0.3 is 4.74 Å². The van der Waals surface area contributed by atoms with Crippen LogP contribution in [0, 0.1) is 0 Å². The Morgan fingerprint density at radius 3 is 2.47 bits per heavy atom. The fraction of sp³-hybridized carbons (Fsp3) is 0.900. The molecule has 0 aromatic carbocycles. The number of methoxy groups -OCH3 is 1. The zero-order valence-electron chi connectivity index (χ0n) is 10.5. The first-order chi connectivity index (χ1) is 7.79. The summed E-state index contributed by atoms with van der Waals surface area (Å²) in [6, 6.07) is 0. The van der Waals surface area contributed by atoms with Crippen molar-refractivity contribution in [2.24, 2.45) is 0 Å². The summed E-state index contributed by atoms with van der Waals surface area (Å²) in [5.41, 5.74) is -0.321. The van der Waals surface area contributed by atoms with Crippen molar-refractivity contribution in [1.29, 1.82) is 0 Å². The maximum absolute atomic E-state index is 11.9. The number of nitrogens with zero attached hydrogens (tertiary/aromatic N) is 1. The van der Waals surface area contributed by atoms with Gasteiger partial charge in [0, 0.05) is 19.1 Å². The topological polar surface area (TPSA) is 75.7 Å². The van der Waals surface area contributed by atoms with Gasteiger partial charge in [-0.25, -0.2) is 0 Å². The molecule has 100 valence electrons. The van der Waals surface area contributed by atoms with E-state index in [0.717, 1.165) is 23.6 Å². The van der Waals surface area contributed by atoms with Gasteiger partial charge >= 0.3 is 5.97 Å². The first-order valence-electron chi connectivity index (χ1n) is 5.61. The van der Waals surface area contributed by atoms with Gasteiger partial charge in [0.15, 0.2) is 0 Å². The van der Waals surface area contributed by atoms with Crippen molar-refractivity contribution in [2.75, 3.05) is 20.7 Å². The van der Waals surface area contributed by atoms with Gasteiger partial charge in [-0.15, -0.1) is 0 Å². The standard InChI is InChI=1S/C10H20N2O4S/c1-10(6-4-7-10)11-17(14,15)12(2)8-5-9(13)16-3/h11H,4-8H2,1-3H3. The third kappa shape index (κ3) is 3.93. The molecule has 0 saturated heterocycles. The van der Waals surface area contributed by atoms with Crippen molar-refractivity contribution in [1.82, 2.24) is 9.03 Å². The number of hydrogen-bond acceptors (Lipinski definition) is 4. The van der Waals surface area contributed by atoms with E-state index < -0.39 is 16.2 Å². The first kappa shape index (κ1) is 14.4. The summed E-state index contributed by atoms with van der Waals surface area (Å²) in [7, 11) is -0.773. The number of nitrogens with one attached hydrogen (secondary N) is 1. The van der Waals surface area contributed by atoms with Crippen molar-refractivity contribution >= 4 is 16.2 Å². The minimum Gasteiger partial charge on any atom is -0.469 e. The molecule has 1 rings (SSSR count). The molecule has 0 heterocycles. The van der Waals surface area contributed by atoms with Crippen molar-refractivity contribution in [2.45, 2.75) is 38.1 Å². The van der Waals surface area contributed by atoms with Gasteiger partial charge in [-0.2, -0.15) is 17.4 Å². The smallest absolute Gasteiger partial charge is 0.306 e. The fourth-order valence-electron chi connectivity index (χ4n) is 1.67. The Balaban J connectivity index is 2.48. The number of carbonyl (C=O) groups excluding carboxylic acids is 1. The molecule has 0 spiro atoms. The third-order valence-corrected chi connectivity index (χ3v) is 4.86. The molecule has 0 unspecified atom stereocenters. The van der Waals surface area contributed by atoms with Crippen LogP contribution in [0.15, 0.2) is 0 Å². The van der Waals surface area contributed by atoms with Crippen LogP contribution < -0.4 is 4.72 Å². The minimum absolute atomic E-state index is 0.0601. The van der Waals surface area contributed by atoms with Gasteiger partial charge in [-0.3, -0.25) is 4.79 Å². The van der Waals surface area contributed by atoms with Gasteiger partial charge in [-0.1, -0.05) is 0 Å². The molecule has 7 heteroatoms. The van der Waals surface area contributed by atoms with Crippen molar-refractivity contribution in [3.05, 3.63) is 0 Å². The Bertz CT molecular complexity index is 376. The molecule has 0 aliphatic heterocycles. The molecule has 1 saturated carbocycles. The predicted octanol–water partition coefficient (Wildman–Crippen LogP) is 0.258. The summed E-state index contributed by atoms with van der Waals surface area (Å²) in [6.45, 7) is 2.01. The fourth-order valence-corrected chi connectivity index (χ4v) is 2.98. The number of rotatable bonds is 6. The molecular weight excluding hydrogens is 244 g/mol. The van der Waals surface area contributed by atoms with Crippen LogP contribution in [0.1, 0.15) is 32.6 Å². The van der Waals surface area contributed by atoms with Crippen LogP contribution in [0.4, 0.5) is 0 Å². The summed E-state index contributed by atoms with van der Waals surface area (Å²) in [5.74, 6) is -0.415. The zero-order chi connectivity index (χ0) is 13.1. The number of esters is 1. The summed E-state index contributed by atoms with van der Waals surface area (Å²) < 4.78 is 32.1. The van der Waals surface area contributed by atoms with E-state index in [1.807, 2.05) is 6.92 Å². The van der Waals surface area contributed by atoms with Crippen LogP contribution in [0.5, 0.6) is 0 Å². The van der Waals surface area contributed by atoms with Crippen LogP contribution in [-0.4, -0.2) is 44.9 Å². The van der Waals surface area contributed by atoms with Crippen LogP contribution >= 0.6 is 0 Å². The molecular formula is C10H20N2O4S. The average molecular weight is 264 g/mol. The van der Waals surface area contributed by atoms with Crippen LogP contribution in [0.2, 0.25) is 0 Å². The lowest BCUT2D eigenvalue weighted by molar-refractivity contribution is -0.140. The van der Waals surface area contributed by atoms with E-state index in [9.17, 15) is 13.2 Å². The molecule has 6 nitrogen and oxygen atoms in total. The van der Waals surface area contributed by atoms with Crippen LogP contribution in [0.25, 0.3) is 0 Å². The number of ether oxygens (including phenoxy) is 1. The summed E-state index contributed by atoms with van der Waals surface area (Å²) in [6.07, 6.45) is 2.82. The van der Waals surface area contributed by atoms with Crippen molar-refractivity contribution in [3.8, 4) is 0 Å². The maximum Gasteiger partial charge on any atom is 0.306 e. The van der Waals surface area contributed by atoms with Gasteiger partial charge in [0.05, 0.1) is 13.5 Å². The largest absolute Gasteiger partial charge is 0.469 e. The van der Waals surface area contributed by atoms with E-state index in [4.69, 9.17) is 0 Å². The Morgan fingerprint density at radius 2 is 2.06 bits per heavy atom. The highest BCUT2D eigenvalue weighted by Crippen LogP contribution is 2.31. The lowest BCUT2D eigenvalue weighted by Gasteiger charge is -2.39. The Hall–Kier alpha value is -0.660. The van der Waals surface area contributed by atoms with Gasteiger partial charge in [-0.05, 0) is 26.2 Å². The SMILES string of the molecule is COC(=O)CCN(C)S(=O)(=O)NC1(C)CCC1. The molecule has 1 N–H and O–H groups in total. The summed E-state index contributed by atoms with van der Waals surface area (Å²) in [5, 5.41) is 0. The Labute approximate surface area is 102 Å². The predicted molar refractivity (Wildman–Crippen MR) is 63.6 cm³/mol. The monoisotopic (exact) mass is 264 g/mol. The molecule has 0 bridgehead atoms. The van der Waals surface area contributed by atoms with Crippen LogP contribution in [-0.2, 0) is 19.7 Å². The minimum atomic E-state index is -3.51. The van der Waals surface area contributed by atoms with Crippen LogP contribution in [0.3, 0.4) is 0 Å². The zero-order valence-corrected chi connectivity index (χ0v) is 11.3. The quantitative estimate of drug-likeness (QED) is 0.698. The summed E-state index contributed by atoms with van der Waals surface area (Å²) in [4.78, 5) is 10.9. The second-order valence-corrected chi connectivity index (χ2v) is 6.45. The Kier molecular flexibility index (Phi) is 4.51. The van der Waals surface area contributed by atoms with E-state index in [1.54, 1.807) is 0 Å². The van der Waals surface area contributed by atoms with E-state index in [2.05, 4.69) is 9.46 Å². The molecule has 0 amide bonds. The number of carbonyl (C=O) groups is 1. The maximum atomic E-state index is 11.9. The molecule has 0 radical (unpaired) electrons. The molecule has 1 fully saturated rings. The third-order valence-electron chi connectivity index (χ3n) is 3.10. The molecule has 17 heavy (non-hydrogen) atoms. The van der Waals surface area contributed by atoms with E-state index in [1.165, 1.54) is 14.2 Å². The normalized spacial score (nSPS) is 18.8. The van der Waals surface area contributed by atoms with Gasteiger partial charge in [0.2, 0.25) is 0 Å². The second-order valence-electron chi connectivity index (χ2n) is 4.67. The highest BCUT2D eigenvalue weighted by molar-refractivity contribution is 7.87. The van der Waals surface area contributed by atoms with Crippen molar-refractivity contribution in [3.63, 3.8) is 0 Å². The van der Waals surface area contributed by atoms with Gasteiger partial charge in [0.25, 0.3) is 10.2 Å². The van der Waals surface area contributed by atoms with E-state index >= 15 is 0 Å². The van der Waals surface area contributed by atoms with E-state index in [-0.39, 0.29) is 18.5 Å². The first-order valence-corrected chi connectivity index (χ1v) is 7.05. The Morgan fingerprint density at radius 1 is 1.47 bits per heavy atom. The van der Waals surface area contributed by atoms with Gasteiger partial charge in [0.1, 0.15) is 0 Å². The number of hydrogen-bond donors (Lipinski definition) is 1. The molecule has 0 aromatic rings. The molecule has 0 aromatic heterocycles. The average Bonchev–Trinajstić information content (AvgIpc) is 2.22. The highest BCUT2D eigenvalue weighted by atomic mass is 32.2. The lowest BCUT2D eigenvalue weighted by Crippen LogP contribution is -2.54. The van der Waals surface area contributed by atoms with Crippen molar-refractivity contribution < 1.29 is 17.9 Å².